The molecule has 0 aliphatic carbocycles. The highest BCUT2D eigenvalue weighted by Gasteiger charge is 2.41. The summed E-state index contributed by atoms with van der Waals surface area (Å²) in [7, 11) is 0. The predicted molar refractivity (Wildman–Crippen MR) is 65.7 cm³/mol. The molecule has 1 atom stereocenters. The number of ether oxygens (including phenoxy) is 1. The highest BCUT2D eigenvalue weighted by molar-refractivity contribution is 5.18. The molecule has 1 aromatic rings. The molecule has 18 heavy (non-hydrogen) atoms. The summed E-state index contributed by atoms with van der Waals surface area (Å²) in [5, 5.41) is 24.1. The van der Waals surface area contributed by atoms with Gasteiger partial charge in [-0.2, -0.15) is 10.4 Å². The van der Waals surface area contributed by atoms with E-state index in [1.54, 1.807) is 10.9 Å². The molecule has 1 unspecified atom stereocenters. The van der Waals surface area contributed by atoms with Crippen LogP contribution in [0.5, 0.6) is 0 Å². The molecule has 98 valence electrons. The Kier molecular flexibility index (Phi) is 3.69. The third kappa shape index (κ3) is 2.26. The van der Waals surface area contributed by atoms with Crippen LogP contribution in [-0.4, -0.2) is 28.1 Å². The van der Waals surface area contributed by atoms with Gasteiger partial charge >= 0.3 is 0 Å². The molecule has 1 aliphatic rings. The van der Waals surface area contributed by atoms with E-state index >= 15 is 0 Å². The van der Waals surface area contributed by atoms with Crippen molar-refractivity contribution in [1.82, 2.24) is 9.78 Å². The fraction of sp³-hybridized carbons (Fsp3) is 0.692. The SMILES string of the molecule is CC(C)n1cc(C(O)C2(C#N)CCOCC2)cn1. The lowest BCUT2D eigenvalue weighted by Gasteiger charge is -2.34. The standard InChI is InChI=1S/C13H19N3O2/c1-10(2)16-8-11(7-15-16)12(17)13(9-14)3-5-18-6-4-13/h7-8,10,12,17H,3-6H2,1-2H3. The Hall–Kier alpha value is -1.38. The van der Waals surface area contributed by atoms with Crippen molar-refractivity contribution in [3.63, 3.8) is 0 Å². The van der Waals surface area contributed by atoms with Crippen molar-refractivity contribution < 1.29 is 9.84 Å². The molecular formula is C13H19N3O2. The smallest absolute Gasteiger partial charge is 0.101 e. The van der Waals surface area contributed by atoms with Gasteiger partial charge in [-0.3, -0.25) is 4.68 Å². The van der Waals surface area contributed by atoms with Gasteiger partial charge in [-0.05, 0) is 26.7 Å². The van der Waals surface area contributed by atoms with E-state index in [1.165, 1.54) is 0 Å². The quantitative estimate of drug-likeness (QED) is 0.887. The first-order chi connectivity index (χ1) is 8.59. The summed E-state index contributed by atoms with van der Waals surface area (Å²) >= 11 is 0. The monoisotopic (exact) mass is 249 g/mol. The number of aromatic nitrogens is 2. The highest BCUT2D eigenvalue weighted by Crippen LogP contribution is 2.41. The second kappa shape index (κ2) is 5.09. The molecule has 0 bridgehead atoms. The lowest BCUT2D eigenvalue weighted by atomic mass is 9.75. The minimum absolute atomic E-state index is 0.249. The van der Waals surface area contributed by atoms with Crippen LogP contribution in [0.2, 0.25) is 0 Å². The van der Waals surface area contributed by atoms with Crippen molar-refractivity contribution in [2.24, 2.45) is 5.41 Å². The Morgan fingerprint density at radius 1 is 1.50 bits per heavy atom. The summed E-state index contributed by atoms with van der Waals surface area (Å²) in [6.07, 6.45) is 3.82. The number of aliphatic hydroxyl groups excluding tert-OH is 1. The first-order valence-electron chi connectivity index (χ1n) is 6.30. The van der Waals surface area contributed by atoms with Crippen LogP contribution < -0.4 is 0 Å². The molecule has 5 nitrogen and oxygen atoms in total. The predicted octanol–water partition coefficient (Wildman–Crippen LogP) is 1.82. The largest absolute Gasteiger partial charge is 0.387 e. The maximum absolute atomic E-state index is 10.5. The van der Waals surface area contributed by atoms with Gasteiger partial charge < -0.3 is 9.84 Å². The molecule has 0 amide bonds. The van der Waals surface area contributed by atoms with E-state index in [9.17, 15) is 10.4 Å². The van der Waals surface area contributed by atoms with Crippen molar-refractivity contribution >= 4 is 0 Å². The van der Waals surface area contributed by atoms with Crippen LogP contribution in [0.1, 0.15) is 44.4 Å². The Labute approximate surface area is 107 Å². The fourth-order valence-electron chi connectivity index (χ4n) is 2.28. The maximum atomic E-state index is 10.5. The second-order valence-corrected chi connectivity index (χ2v) is 5.13. The van der Waals surface area contributed by atoms with Crippen LogP contribution >= 0.6 is 0 Å². The zero-order valence-corrected chi connectivity index (χ0v) is 10.8. The minimum Gasteiger partial charge on any atom is -0.387 e. The highest BCUT2D eigenvalue weighted by atomic mass is 16.5. The molecule has 5 heteroatoms. The second-order valence-electron chi connectivity index (χ2n) is 5.13. The van der Waals surface area contributed by atoms with Crippen molar-refractivity contribution in [3.05, 3.63) is 18.0 Å². The van der Waals surface area contributed by atoms with Crippen molar-refractivity contribution in [2.45, 2.75) is 38.8 Å². The Morgan fingerprint density at radius 3 is 2.67 bits per heavy atom. The van der Waals surface area contributed by atoms with E-state index in [4.69, 9.17) is 4.74 Å². The van der Waals surface area contributed by atoms with E-state index in [0.717, 1.165) is 0 Å². The van der Waals surface area contributed by atoms with Gasteiger partial charge in [0.25, 0.3) is 0 Å². The zero-order valence-electron chi connectivity index (χ0n) is 10.8. The van der Waals surface area contributed by atoms with Gasteiger partial charge in [-0.1, -0.05) is 0 Å². The maximum Gasteiger partial charge on any atom is 0.101 e. The third-order valence-corrected chi connectivity index (χ3v) is 3.60. The molecule has 1 aliphatic heterocycles. The van der Waals surface area contributed by atoms with Crippen molar-refractivity contribution in [1.29, 1.82) is 5.26 Å². The van der Waals surface area contributed by atoms with Crippen LogP contribution in [-0.2, 0) is 4.74 Å². The summed E-state index contributed by atoms with van der Waals surface area (Å²) in [4.78, 5) is 0. The van der Waals surface area contributed by atoms with Crippen LogP contribution in [0.3, 0.4) is 0 Å². The Balaban J connectivity index is 2.23. The van der Waals surface area contributed by atoms with Gasteiger partial charge in [0.15, 0.2) is 0 Å². The summed E-state index contributed by atoms with van der Waals surface area (Å²) in [6.45, 7) is 5.11. The molecule has 0 aromatic carbocycles. The van der Waals surface area contributed by atoms with Crippen LogP contribution in [0.15, 0.2) is 12.4 Å². The Bertz CT molecular complexity index is 441. The third-order valence-electron chi connectivity index (χ3n) is 3.60. The molecule has 1 saturated heterocycles. The van der Waals surface area contributed by atoms with Crippen LogP contribution in [0, 0.1) is 16.7 Å². The van der Waals surface area contributed by atoms with Gasteiger partial charge in [0.05, 0.1) is 17.7 Å². The lowest BCUT2D eigenvalue weighted by molar-refractivity contribution is -0.0310. The number of aliphatic hydroxyl groups is 1. The van der Waals surface area contributed by atoms with Gasteiger partial charge in [0.1, 0.15) is 6.10 Å². The number of hydrogen-bond donors (Lipinski definition) is 1. The van der Waals surface area contributed by atoms with Gasteiger partial charge in [-0.15, -0.1) is 0 Å². The van der Waals surface area contributed by atoms with E-state index in [0.29, 0.717) is 31.6 Å². The Morgan fingerprint density at radius 2 is 2.17 bits per heavy atom. The molecule has 2 rings (SSSR count). The molecule has 0 spiro atoms. The molecule has 2 heterocycles. The number of hydrogen-bond acceptors (Lipinski definition) is 4. The number of nitrogens with zero attached hydrogens (tertiary/aromatic N) is 3. The minimum atomic E-state index is -0.793. The van der Waals surface area contributed by atoms with E-state index in [-0.39, 0.29) is 6.04 Å². The average molecular weight is 249 g/mol. The fourth-order valence-corrected chi connectivity index (χ4v) is 2.28. The van der Waals surface area contributed by atoms with Crippen LogP contribution in [0.25, 0.3) is 0 Å². The molecule has 1 fully saturated rings. The topological polar surface area (TPSA) is 71.1 Å². The molecule has 0 saturated carbocycles. The van der Waals surface area contributed by atoms with Crippen molar-refractivity contribution in [2.75, 3.05) is 13.2 Å². The van der Waals surface area contributed by atoms with E-state index < -0.39 is 11.5 Å². The first kappa shape index (κ1) is 13.1. The molecule has 1 aromatic heterocycles. The van der Waals surface area contributed by atoms with Gasteiger partial charge in [-0.25, -0.2) is 0 Å². The summed E-state index contributed by atoms with van der Waals surface area (Å²) < 4.78 is 7.07. The first-order valence-corrected chi connectivity index (χ1v) is 6.30. The summed E-state index contributed by atoms with van der Waals surface area (Å²) in [6, 6.07) is 2.54. The zero-order chi connectivity index (χ0) is 13.2. The number of rotatable bonds is 3. The van der Waals surface area contributed by atoms with Gasteiger partial charge in [0, 0.05) is 31.0 Å². The molecular weight excluding hydrogens is 230 g/mol. The summed E-state index contributed by atoms with van der Waals surface area (Å²) in [5.41, 5.74) is -0.0181. The van der Waals surface area contributed by atoms with Crippen LogP contribution in [0.4, 0.5) is 0 Å². The van der Waals surface area contributed by atoms with E-state index in [2.05, 4.69) is 11.2 Å². The van der Waals surface area contributed by atoms with Crippen molar-refractivity contribution in [3.8, 4) is 6.07 Å². The normalized spacial score (nSPS) is 20.6. The molecule has 0 radical (unpaired) electrons. The summed E-state index contributed by atoms with van der Waals surface area (Å²) in [5.74, 6) is 0. The lowest BCUT2D eigenvalue weighted by Crippen LogP contribution is -2.34. The average Bonchev–Trinajstić information content (AvgIpc) is 2.88. The van der Waals surface area contributed by atoms with E-state index in [1.807, 2.05) is 20.0 Å². The number of nitriles is 1. The molecule has 1 N–H and O–H groups in total. The van der Waals surface area contributed by atoms with Gasteiger partial charge in [0.2, 0.25) is 0 Å².